The van der Waals surface area contributed by atoms with E-state index >= 15 is 0 Å². The summed E-state index contributed by atoms with van der Waals surface area (Å²) in [7, 11) is 0. The van der Waals surface area contributed by atoms with Gasteiger partial charge in [-0.2, -0.15) is 5.10 Å². The lowest BCUT2D eigenvalue weighted by Gasteiger charge is -2.12. The van der Waals surface area contributed by atoms with Gasteiger partial charge in [0.2, 0.25) is 0 Å². The van der Waals surface area contributed by atoms with Crippen LogP contribution in [-0.4, -0.2) is 23.1 Å². The number of ether oxygens (including phenoxy) is 1. The van der Waals surface area contributed by atoms with Crippen LogP contribution in [0, 0.1) is 10.1 Å². The molecule has 1 amide bonds. The monoisotopic (exact) mass is 381 g/mol. The van der Waals surface area contributed by atoms with Gasteiger partial charge in [0.25, 0.3) is 5.91 Å². The molecule has 0 aliphatic rings. The Morgan fingerprint density at radius 1 is 1.28 bits per heavy atom. The first-order valence-electron chi connectivity index (χ1n) is 7.07. The second kappa shape index (κ2) is 8.46. The number of carbonyl (C=O) groups is 1. The standard InChI is InChI=1S/C16H13Cl2N3O4/c1-10(25-14-8-3-2-7-13(14)21(23)24)16(22)20-19-9-11-5-4-6-12(17)15(11)18/h2-10H,1H3,(H,20,22)/b19-9+. The van der Waals surface area contributed by atoms with Gasteiger partial charge in [0.05, 0.1) is 21.2 Å². The fraction of sp³-hybridized carbons (Fsp3) is 0.125. The van der Waals surface area contributed by atoms with Crippen molar-refractivity contribution in [3.8, 4) is 5.75 Å². The predicted molar refractivity (Wildman–Crippen MR) is 95.4 cm³/mol. The van der Waals surface area contributed by atoms with Crippen LogP contribution in [0.1, 0.15) is 12.5 Å². The molecule has 0 fully saturated rings. The number of nitro groups is 1. The lowest BCUT2D eigenvalue weighted by molar-refractivity contribution is -0.386. The molecule has 25 heavy (non-hydrogen) atoms. The Hall–Kier alpha value is -2.64. The van der Waals surface area contributed by atoms with Crippen LogP contribution < -0.4 is 10.2 Å². The molecule has 0 aromatic heterocycles. The first-order valence-corrected chi connectivity index (χ1v) is 7.82. The average Bonchev–Trinajstić information content (AvgIpc) is 2.58. The molecule has 1 unspecified atom stereocenters. The summed E-state index contributed by atoms with van der Waals surface area (Å²) in [4.78, 5) is 22.3. The molecule has 2 aromatic carbocycles. The summed E-state index contributed by atoms with van der Waals surface area (Å²) in [6, 6.07) is 10.8. The van der Waals surface area contributed by atoms with Gasteiger partial charge in [0.15, 0.2) is 11.9 Å². The number of amides is 1. The van der Waals surface area contributed by atoms with Crippen LogP contribution in [0.3, 0.4) is 0 Å². The second-order valence-electron chi connectivity index (χ2n) is 4.86. The summed E-state index contributed by atoms with van der Waals surface area (Å²) >= 11 is 11.9. The molecule has 0 heterocycles. The zero-order chi connectivity index (χ0) is 18.4. The van der Waals surface area contributed by atoms with Gasteiger partial charge in [-0.25, -0.2) is 5.43 Å². The van der Waals surface area contributed by atoms with E-state index in [0.717, 1.165) is 0 Å². The molecule has 0 saturated carbocycles. The Bertz CT molecular complexity index is 827. The van der Waals surface area contributed by atoms with Crippen molar-refractivity contribution in [3.05, 3.63) is 68.2 Å². The van der Waals surface area contributed by atoms with Crippen molar-refractivity contribution in [2.45, 2.75) is 13.0 Å². The summed E-state index contributed by atoms with van der Waals surface area (Å²) < 4.78 is 5.34. The Morgan fingerprint density at radius 2 is 2.00 bits per heavy atom. The normalized spacial score (nSPS) is 12.0. The smallest absolute Gasteiger partial charge is 0.310 e. The first kappa shape index (κ1) is 18.7. The van der Waals surface area contributed by atoms with E-state index in [1.165, 1.54) is 31.3 Å². The van der Waals surface area contributed by atoms with E-state index in [-0.39, 0.29) is 11.4 Å². The fourth-order valence-corrected chi connectivity index (χ4v) is 2.18. The number of nitrogens with one attached hydrogen (secondary N) is 1. The SMILES string of the molecule is CC(Oc1ccccc1[N+](=O)[O-])C(=O)N/N=C/c1cccc(Cl)c1Cl. The molecular formula is C16H13Cl2N3O4. The summed E-state index contributed by atoms with van der Waals surface area (Å²) in [5.41, 5.74) is 2.58. The second-order valence-corrected chi connectivity index (χ2v) is 5.65. The number of nitro benzene ring substituents is 1. The van der Waals surface area contributed by atoms with Gasteiger partial charge in [0, 0.05) is 11.6 Å². The largest absolute Gasteiger partial charge is 0.474 e. The van der Waals surface area contributed by atoms with Gasteiger partial charge in [-0.15, -0.1) is 0 Å². The van der Waals surface area contributed by atoms with Crippen LogP contribution in [0.2, 0.25) is 10.0 Å². The topological polar surface area (TPSA) is 93.8 Å². The fourth-order valence-electron chi connectivity index (χ4n) is 1.83. The molecule has 1 N–H and O–H groups in total. The number of benzene rings is 2. The van der Waals surface area contributed by atoms with E-state index < -0.39 is 16.9 Å². The number of halogens is 2. The highest BCUT2D eigenvalue weighted by atomic mass is 35.5. The van der Waals surface area contributed by atoms with Gasteiger partial charge in [0.1, 0.15) is 0 Å². The van der Waals surface area contributed by atoms with E-state index in [1.54, 1.807) is 24.3 Å². The molecule has 130 valence electrons. The molecule has 1 atom stereocenters. The Labute approximate surface area is 153 Å². The number of para-hydroxylation sites is 2. The highest BCUT2D eigenvalue weighted by Crippen LogP contribution is 2.27. The average molecular weight is 382 g/mol. The Balaban J connectivity index is 2.00. The maximum absolute atomic E-state index is 12.0. The molecule has 0 spiro atoms. The minimum absolute atomic E-state index is 0.00276. The van der Waals surface area contributed by atoms with Gasteiger partial charge in [-0.1, -0.05) is 47.5 Å². The highest BCUT2D eigenvalue weighted by Gasteiger charge is 2.20. The van der Waals surface area contributed by atoms with E-state index in [0.29, 0.717) is 15.6 Å². The highest BCUT2D eigenvalue weighted by molar-refractivity contribution is 6.43. The van der Waals surface area contributed by atoms with Crippen molar-refractivity contribution < 1.29 is 14.5 Å². The molecule has 2 aromatic rings. The van der Waals surface area contributed by atoms with Crippen LogP contribution in [0.25, 0.3) is 0 Å². The van der Waals surface area contributed by atoms with Crippen molar-refractivity contribution >= 4 is 41.0 Å². The summed E-state index contributed by atoms with van der Waals surface area (Å²) in [6.07, 6.45) is 0.345. The lowest BCUT2D eigenvalue weighted by atomic mass is 10.2. The lowest BCUT2D eigenvalue weighted by Crippen LogP contribution is -2.33. The summed E-state index contributed by atoms with van der Waals surface area (Å²) in [5.74, 6) is -0.579. The third-order valence-corrected chi connectivity index (χ3v) is 3.93. The number of rotatable bonds is 6. The van der Waals surface area contributed by atoms with Crippen LogP contribution >= 0.6 is 23.2 Å². The molecule has 7 nitrogen and oxygen atoms in total. The molecule has 0 aliphatic carbocycles. The van der Waals surface area contributed by atoms with E-state index in [1.807, 2.05) is 0 Å². The van der Waals surface area contributed by atoms with Crippen molar-refractivity contribution in [1.29, 1.82) is 0 Å². The number of hydrazone groups is 1. The zero-order valence-electron chi connectivity index (χ0n) is 13.0. The maximum Gasteiger partial charge on any atom is 0.310 e. The van der Waals surface area contributed by atoms with Crippen molar-refractivity contribution in [1.82, 2.24) is 5.43 Å². The van der Waals surface area contributed by atoms with Gasteiger partial charge < -0.3 is 4.74 Å². The minimum Gasteiger partial charge on any atom is -0.474 e. The molecule has 0 radical (unpaired) electrons. The van der Waals surface area contributed by atoms with Gasteiger partial charge in [-0.3, -0.25) is 14.9 Å². The first-order chi connectivity index (χ1) is 11.9. The summed E-state index contributed by atoms with van der Waals surface area (Å²) in [5, 5.41) is 15.4. The number of hydrogen-bond acceptors (Lipinski definition) is 5. The molecule has 2 rings (SSSR count). The maximum atomic E-state index is 12.0. The van der Waals surface area contributed by atoms with Crippen LogP contribution in [0.15, 0.2) is 47.6 Å². The van der Waals surface area contributed by atoms with Crippen LogP contribution in [-0.2, 0) is 4.79 Å². The number of carbonyl (C=O) groups excluding carboxylic acids is 1. The van der Waals surface area contributed by atoms with E-state index in [2.05, 4.69) is 10.5 Å². The molecule has 0 saturated heterocycles. The van der Waals surface area contributed by atoms with E-state index in [9.17, 15) is 14.9 Å². The number of nitrogens with zero attached hydrogens (tertiary/aromatic N) is 2. The van der Waals surface area contributed by atoms with Gasteiger partial charge in [-0.05, 0) is 19.1 Å². The van der Waals surface area contributed by atoms with Crippen molar-refractivity contribution in [2.24, 2.45) is 5.10 Å². The number of hydrogen-bond donors (Lipinski definition) is 1. The third-order valence-electron chi connectivity index (χ3n) is 3.09. The predicted octanol–water partition coefficient (Wildman–Crippen LogP) is 3.82. The van der Waals surface area contributed by atoms with Crippen LogP contribution in [0.5, 0.6) is 5.75 Å². The van der Waals surface area contributed by atoms with Crippen molar-refractivity contribution in [3.63, 3.8) is 0 Å². The summed E-state index contributed by atoms with van der Waals surface area (Å²) in [6.45, 7) is 1.45. The minimum atomic E-state index is -0.993. The Kier molecular flexibility index (Phi) is 6.32. The van der Waals surface area contributed by atoms with E-state index in [4.69, 9.17) is 27.9 Å². The molecule has 0 aliphatic heterocycles. The Morgan fingerprint density at radius 3 is 2.72 bits per heavy atom. The van der Waals surface area contributed by atoms with Crippen LogP contribution in [0.4, 0.5) is 5.69 Å². The third kappa shape index (κ3) is 4.91. The molecule has 0 bridgehead atoms. The molecule has 9 heteroatoms. The molecular weight excluding hydrogens is 369 g/mol. The van der Waals surface area contributed by atoms with Gasteiger partial charge >= 0.3 is 5.69 Å². The quantitative estimate of drug-likeness (QED) is 0.467. The van der Waals surface area contributed by atoms with Crippen molar-refractivity contribution in [2.75, 3.05) is 0 Å². The zero-order valence-corrected chi connectivity index (χ0v) is 14.5.